The van der Waals surface area contributed by atoms with Crippen LogP contribution in [0.1, 0.15) is 35.5 Å². The second kappa shape index (κ2) is 7.48. The van der Waals surface area contributed by atoms with Crippen LogP contribution in [0, 0.1) is 5.82 Å². The molecule has 0 fully saturated rings. The van der Waals surface area contributed by atoms with Crippen molar-refractivity contribution in [2.45, 2.75) is 19.4 Å². The topological polar surface area (TPSA) is 70.8 Å². The Morgan fingerprint density at radius 3 is 2.62 bits per heavy atom. The predicted octanol–water partition coefficient (Wildman–Crippen LogP) is 5.32. The van der Waals surface area contributed by atoms with E-state index in [1.54, 1.807) is 18.2 Å². The van der Waals surface area contributed by atoms with Crippen molar-refractivity contribution >= 4 is 38.6 Å². The summed E-state index contributed by atoms with van der Waals surface area (Å²) in [4.78, 5) is 27.4. The van der Waals surface area contributed by atoms with Gasteiger partial charge in [0.2, 0.25) is 5.78 Å². The summed E-state index contributed by atoms with van der Waals surface area (Å²) < 4.78 is 19.9. The first-order valence-corrected chi connectivity index (χ1v) is 9.93. The number of nitrogens with zero attached hydrogens (tertiary/aromatic N) is 1. The van der Waals surface area contributed by atoms with Crippen LogP contribution in [0.25, 0.3) is 11.0 Å². The van der Waals surface area contributed by atoms with Gasteiger partial charge in [-0.1, -0.05) is 35.0 Å². The fourth-order valence-corrected chi connectivity index (χ4v) is 3.99. The SMILES string of the molecule is CCCN1C(=O)C(O)=C(C(=O)c2cc3cc(Br)ccc3o2)C1c1ccc(F)cc1. The van der Waals surface area contributed by atoms with Gasteiger partial charge < -0.3 is 14.4 Å². The van der Waals surface area contributed by atoms with Crippen LogP contribution in [0.15, 0.2) is 68.8 Å². The molecule has 2 aromatic carbocycles. The molecular formula is C22H17BrFNO4. The molecule has 0 saturated carbocycles. The molecule has 7 heteroatoms. The van der Waals surface area contributed by atoms with Crippen LogP contribution < -0.4 is 0 Å². The summed E-state index contributed by atoms with van der Waals surface area (Å²) in [6.45, 7) is 2.23. The highest BCUT2D eigenvalue weighted by Crippen LogP contribution is 2.39. The van der Waals surface area contributed by atoms with Crippen LogP contribution in [0.3, 0.4) is 0 Å². The van der Waals surface area contributed by atoms with Gasteiger partial charge in [-0.3, -0.25) is 9.59 Å². The number of carbonyl (C=O) groups is 2. The molecule has 1 amide bonds. The molecule has 0 aliphatic carbocycles. The van der Waals surface area contributed by atoms with Crippen molar-refractivity contribution in [3.05, 3.63) is 81.5 Å². The molecule has 0 saturated heterocycles. The lowest BCUT2D eigenvalue weighted by Crippen LogP contribution is -2.31. The minimum absolute atomic E-state index is 0.0258. The Balaban J connectivity index is 1.81. The molecule has 148 valence electrons. The first-order valence-electron chi connectivity index (χ1n) is 9.14. The largest absolute Gasteiger partial charge is 0.503 e. The zero-order valence-corrected chi connectivity index (χ0v) is 17.1. The highest BCUT2D eigenvalue weighted by Gasteiger charge is 2.44. The molecular weight excluding hydrogens is 441 g/mol. The first kappa shape index (κ1) is 19.4. The molecule has 1 unspecified atom stereocenters. The normalized spacial score (nSPS) is 16.9. The van der Waals surface area contributed by atoms with Crippen LogP contribution in [-0.2, 0) is 4.79 Å². The predicted molar refractivity (Wildman–Crippen MR) is 109 cm³/mol. The maximum Gasteiger partial charge on any atom is 0.290 e. The lowest BCUT2D eigenvalue weighted by molar-refractivity contribution is -0.129. The fraction of sp³-hybridized carbons (Fsp3) is 0.182. The highest BCUT2D eigenvalue weighted by atomic mass is 79.9. The van der Waals surface area contributed by atoms with E-state index in [4.69, 9.17) is 4.42 Å². The summed E-state index contributed by atoms with van der Waals surface area (Å²) in [5.41, 5.74) is 0.998. The van der Waals surface area contributed by atoms with Gasteiger partial charge in [0.05, 0.1) is 11.6 Å². The summed E-state index contributed by atoms with van der Waals surface area (Å²) in [5, 5.41) is 11.3. The van der Waals surface area contributed by atoms with E-state index in [0.29, 0.717) is 24.1 Å². The van der Waals surface area contributed by atoms with Gasteiger partial charge in [-0.05, 0) is 48.4 Å². The minimum Gasteiger partial charge on any atom is -0.503 e. The molecule has 4 rings (SSSR count). The standard InChI is InChI=1S/C22H17BrFNO4/c1-2-9-25-19(12-3-6-15(24)7-4-12)18(21(27)22(25)28)20(26)17-11-13-10-14(23)5-8-16(13)29-17/h3-8,10-11,19,27H,2,9H2,1H3. The first-order chi connectivity index (χ1) is 13.9. The number of carbonyl (C=O) groups excluding carboxylic acids is 2. The number of hydrogen-bond donors (Lipinski definition) is 1. The second-order valence-corrected chi connectivity index (χ2v) is 7.75. The molecule has 0 spiro atoms. The smallest absolute Gasteiger partial charge is 0.290 e. The zero-order valence-electron chi connectivity index (χ0n) is 15.5. The number of hydrogen-bond acceptors (Lipinski definition) is 4. The number of Topliss-reactive ketones (excluding diaryl/α,β-unsaturated/α-hetero) is 1. The van der Waals surface area contributed by atoms with Crippen molar-refractivity contribution in [1.82, 2.24) is 4.90 Å². The van der Waals surface area contributed by atoms with Gasteiger partial charge in [0, 0.05) is 16.4 Å². The Bertz CT molecular complexity index is 1150. The van der Waals surface area contributed by atoms with Crippen LogP contribution >= 0.6 is 15.9 Å². The number of aliphatic hydroxyl groups is 1. The van der Waals surface area contributed by atoms with E-state index in [1.165, 1.54) is 29.2 Å². The van der Waals surface area contributed by atoms with Gasteiger partial charge in [0.1, 0.15) is 11.4 Å². The maximum absolute atomic E-state index is 13.4. The van der Waals surface area contributed by atoms with E-state index in [9.17, 15) is 19.1 Å². The Hall–Kier alpha value is -2.93. The summed E-state index contributed by atoms with van der Waals surface area (Å²) in [6, 6.07) is 11.7. The third-order valence-electron chi connectivity index (χ3n) is 4.90. The Labute approximate surface area is 174 Å². The Morgan fingerprint density at radius 1 is 1.21 bits per heavy atom. The van der Waals surface area contributed by atoms with Gasteiger partial charge in [0.25, 0.3) is 5.91 Å². The highest BCUT2D eigenvalue weighted by molar-refractivity contribution is 9.10. The van der Waals surface area contributed by atoms with Crippen molar-refractivity contribution in [3.8, 4) is 0 Å². The molecule has 5 nitrogen and oxygen atoms in total. The average molecular weight is 458 g/mol. The van der Waals surface area contributed by atoms with Crippen LogP contribution in [0.5, 0.6) is 0 Å². The van der Waals surface area contributed by atoms with E-state index in [2.05, 4.69) is 15.9 Å². The van der Waals surface area contributed by atoms with Crippen LogP contribution in [0.4, 0.5) is 4.39 Å². The summed E-state index contributed by atoms with van der Waals surface area (Å²) in [5.74, 6) is -2.19. The molecule has 1 aliphatic heterocycles. The molecule has 29 heavy (non-hydrogen) atoms. The third kappa shape index (κ3) is 3.35. The van der Waals surface area contributed by atoms with Gasteiger partial charge in [0.15, 0.2) is 11.5 Å². The number of rotatable bonds is 5. The Kier molecular flexibility index (Phi) is 5.00. The summed E-state index contributed by atoms with van der Waals surface area (Å²) in [7, 11) is 0. The van der Waals surface area contributed by atoms with E-state index in [0.717, 1.165) is 9.86 Å². The zero-order chi connectivity index (χ0) is 20.7. The molecule has 1 aliphatic rings. The van der Waals surface area contributed by atoms with E-state index >= 15 is 0 Å². The molecule has 0 radical (unpaired) electrons. The number of fused-ring (bicyclic) bond motifs is 1. The van der Waals surface area contributed by atoms with Crippen molar-refractivity contribution in [2.75, 3.05) is 6.54 Å². The van der Waals surface area contributed by atoms with Crippen molar-refractivity contribution < 1.29 is 23.5 Å². The van der Waals surface area contributed by atoms with Crippen molar-refractivity contribution in [2.24, 2.45) is 0 Å². The molecule has 3 aromatic rings. The number of amides is 1. The molecule has 1 aromatic heterocycles. The van der Waals surface area contributed by atoms with Gasteiger partial charge in [-0.25, -0.2) is 4.39 Å². The fourth-order valence-electron chi connectivity index (χ4n) is 3.61. The van der Waals surface area contributed by atoms with Gasteiger partial charge >= 0.3 is 0 Å². The monoisotopic (exact) mass is 457 g/mol. The lowest BCUT2D eigenvalue weighted by atomic mass is 9.95. The quantitative estimate of drug-likeness (QED) is 0.526. The lowest BCUT2D eigenvalue weighted by Gasteiger charge is -2.26. The van der Waals surface area contributed by atoms with Crippen LogP contribution in [0.2, 0.25) is 0 Å². The summed E-state index contributed by atoms with van der Waals surface area (Å²) >= 11 is 3.38. The number of benzene rings is 2. The van der Waals surface area contributed by atoms with E-state index < -0.39 is 29.3 Å². The summed E-state index contributed by atoms with van der Waals surface area (Å²) in [6.07, 6.45) is 0.636. The Morgan fingerprint density at radius 2 is 1.93 bits per heavy atom. The third-order valence-corrected chi connectivity index (χ3v) is 5.39. The molecule has 2 heterocycles. The number of ketones is 1. The molecule has 1 atom stereocenters. The molecule has 1 N–H and O–H groups in total. The van der Waals surface area contributed by atoms with E-state index in [-0.39, 0.29) is 11.3 Å². The van der Waals surface area contributed by atoms with Crippen molar-refractivity contribution in [1.29, 1.82) is 0 Å². The van der Waals surface area contributed by atoms with Crippen LogP contribution in [-0.4, -0.2) is 28.2 Å². The van der Waals surface area contributed by atoms with Crippen molar-refractivity contribution in [3.63, 3.8) is 0 Å². The molecule has 0 bridgehead atoms. The number of furan rings is 1. The number of aliphatic hydroxyl groups excluding tert-OH is 1. The van der Waals surface area contributed by atoms with Gasteiger partial charge in [-0.15, -0.1) is 0 Å². The number of halogens is 2. The second-order valence-electron chi connectivity index (χ2n) is 6.84. The maximum atomic E-state index is 13.4. The van der Waals surface area contributed by atoms with E-state index in [1.807, 2.05) is 13.0 Å². The van der Waals surface area contributed by atoms with Gasteiger partial charge in [-0.2, -0.15) is 0 Å². The minimum atomic E-state index is -0.810. The average Bonchev–Trinajstić information content (AvgIpc) is 3.22.